The molecule has 4 rings (SSSR count). The van der Waals surface area contributed by atoms with Crippen molar-refractivity contribution in [3.8, 4) is 0 Å². The summed E-state index contributed by atoms with van der Waals surface area (Å²) in [5, 5.41) is 5.53. The van der Waals surface area contributed by atoms with E-state index in [4.69, 9.17) is 4.74 Å². The summed E-state index contributed by atoms with van der Waals surface area (Å²) < 4.78 is 20.0. The van der Waals surface area contributed by atoms with Crippen LogP contribution in [-0.4, -0.2) is 80.5 Å². The van der Waals surface area contributed by atoms with Crippen LogP contribution in [-0.2, 0) is 19.1 Å². The Bertz CT molecular complexity index is 945. The average Bonchev–Trinajstić information content (AvgIpc) is 3.76. The highest BCUT2D eigenvalue weighted by atomic mass is 19.1. The van der Waals surface area contributed by atoms with Crippen molar-refractivity contribution in [3.05, 3.63) is 29.6 Å². The van der Waals surface area contributed by atoms with Gasteiger partial charge in [0.15, 0.2) is 0 Å². The molecule has 3 aliphatic rings. The normalized spacial score (nSPS) is 20.2. The number of piperazine rings is 1. The number of likely N-dealkylation sites (N-methyl/N-ethyl adjacent to an activating group) is 1. The second-order valence-electron chi connectivity index (χ2n) is 10.7. The van der Waals surface area contributed by atoms with E-state index < -0.39 is 23.7 Å². The molecule has 9 heteroatoms. The molecule has 3 fully saturated rings. The maximum absolute atomic E-state index is 15.1. The summed E-state index contributed by atoms with van der Waals surface area (Å²) in [7, 11) is 3.42. The van der Waals surface area contributed by atoms with E-state index in [9.17, 15) is 14.4 Å². The van der Waals surface area contributed by atoms with Crippen molar-refractivity contribution in [1.29, 1.82) is 0 Å². The minimum atomic E-state index is -0.853. The number of amides is 3. The second-order valence-corrected chi connectivity index (χ2v) is 10.7. The summed E-state index contributed by atoms with van der Waals surface area (Å²) in [5.41, 5.74) is 0.719. The molecule has 2 N–H and O–H groups in total. The molecule has 3 amide bonds. The zero-order valence-corrected chi connectivity index (χ0v) is 21.6. The molecular weight excluding hydrogens is 463 g/mol. The van der Waals surface area contributed by atoms with Gasteiger partial charge in [-0.2, -0.15) is 0 Å². The first kappa shape index (κ1) is 26.5. The number of hydrogen-bond acceptors (Lipinski definition) is 5. The summed E-state index contributed by atoms with van der Waals surface area (Å²) in [6.45, 7) is 4.28. The molecule has 2 unspecified atom stereocenters. The van der Waals surface area contributed by atoms with Crippen LogP contribution in [0.1, 0.15) is 50.5 Å². The number of carbonyl (C=O) groups excluding carboxylic acids is 3. The highest BCUT2D eigenvalue weighted by molar-refractivity contribution is 5.91. The number of ether oxygens (including phenoxy) is 1. The van der Waals surface area contributed by atoms with E-state index in [0.717, 1.165) is 13.1 Å². The first-order valence-electron chi connectivity index (χ1n) is 13.1. The predicted octanol–water partition coefficient (Wildman–Crippen LogP) is 2.60. The van der Waals surface area contributed by atoms with E-state index in [1.165, 1.54) is 38.9 Å². The van der Waals surface area contributed by atoms with Gasteiger partial charge in [-0.25, -0.2) is 4.39 Å². The van der Waals surface area contributed by atoms with E-state index in [1.54, 1.807) is 24.0 Å². The third-order valence-corrected chi connectivity index (χ3v) is 7.84. The van der Waals surface area contributed by atoms with Crippen molar-refractivity contribution < 1.29 is 23.5 Å². The first-order valence-corrected chi connectivity index (χ1v) is 13.1. The number of rotatable bonds is 11. The number of hydrogen-bond donors (Lipinski definition) is 2. The van der Waals surface area contributed by atoms with Gasteiger partial charge in [-0.3, -0.25) is 14.4 Å². The van der Waals surface area contributed by atoms with Crippen molar-refractivity contribution in [2.45, 2.75) is 51.0 Å². The Balaban J connectivity index is 1.43. The Morgan fingerprint density at radius 1 is 1.06 bits per heavy atom. The third kappa shape index (κ3) is 6.82. The standard InChI is InChI=1S/C27H39FN4O4/c1-17(26(30-25(34)16-36-3)27(35)32-12-10-31(2)11-13-32)20-8-9-23(22(28)14-20)29-24(33)15-21(18-4-5-18)19-6-7-19/h8-9,14,17-19,21,26H,4-7,10-13,15-16H2,1-3H3,(H,29,33)(H,30,34). The maximum atomic E-state index is 15.1. The third-order valence-electron chi connectivity index (χ3n) is 7.84. The van der Waals surface area contributed by atoms with Crippen LogP contribution in [0.4, 0.5) is 10.1 Å². The van der Waals surface area contributed by atoms with Crippen LogP contribution >= 0.6 is 0 Å². The minimum Gasteiger partial charge on any atom is -0.375 e. The molecule has 0 spiro atoms. The Kier molecular flexibility index (Phi) is 8.62. The molecule has 1 aromatic carbocycles. The predicted molar refractivity (Wildman–Crippen MR) is 135 cm³/mol. The summed E-state index contributed by atoms with van der Waals surface area (Å²) in [4.78, 5) is 42.2. The fourth-order valence-electron chi connectivity index (χ4n) is 5.26. The first-order chi connectivity index (χ1) is 17.3. The molecule has 1 heterocycles. The molecule has 2 aliphatic carbocycles. The van der Waals surface area contributed by atoms with Crippen LogP contribution in [0.15, 0.2) is 18.2 Å². The fraction of sp³-hybridized carbons (Fsp3) is 0.667. The molecule has 198 valence electrons. The van der Waals surface area contributed by atoms with Gasteiger partial charge in [-0.1, -0.05) is 13.0 Å². The molecule has 0 aromatic heterocycles. The van der Waals surface area contributed by atoms with Gasteiger partial charge in [0, 0.05) is 45.6 Å². The topological polar surface area (TPSA) is 91.0 Å². The van der Waals surface area contributed by atoms with Crippen LogP contribution in [0.25, 0.3) is 0 Å². The van der Waals surface area contributed by atoms with E-state index in [2.05, 4.69) is 15.5 Å². The molecule has 0 radical (unpaired) electrons. The van der Waals surface area contributed by atoms with Gasteiger partial charge in [0.25, 0.3) is 0 Å². The van der Waals surface area contributed by atoms with Gasteiger partial charge in [0.2, 0.25) is 17.7 Å². The highest BCUT2D eigenvalue weighted by Crippen LogP contribution is 2.50. The number of carbonyl (C=O) groups is 3. The van der Waals surface area contributed by atoms with Gasteiger partial charge in [0.1, 0.15) is 18.5 Å². The second kappa shape index (κ2) is 11.7. The Morgan fingerprint density at radius 2 is 1.69 bits per heavy atom. The van der Waals surface area contributed by atoms with E-state index in [1.807, 2.05) is 7.05 Å². The van der Waals surface area contributed by atoms with Gasteiger partial charge in [-0.15, -0.1) is 0 Å². The van der Waals surface area contributed by atoms with Crippen LogP contribution in [0.3, 0.4) is 0 Å². The number of halogens is 1. The van der Waals surface area contributed by atoms with Crippen LogP contribution < -0.4 is 10.6 Å². The van der Waals surface area contributed by atoms with Crippen molar-refractivity contribution >= 4 is 23.4 Å². The molecule has 1 aliphatic heterocycles. The molecule has 36 heavy (non-hydrogen) atoms. The molecule has 2 saturated carbocycles. The fourth-order valence-corrected chi connectivity index (χ4v) is 5.26. The van der Waals surface area contributed by atoms with Crippen LogP contribution in [0, 0.1) is 23.6 Å². The molecule has 1 saturated heterocycles. The number of methoxy groups -OCH3 is 1. The van der Waals surface area contributed by atoms with Gasteiger partial charge < -0.3 is 25.2 Å². The van der Waals surface area contributed by atoms with Crippen molar-refractivity contribution in [3.63, 3.8) is 0 Å². The number of anilines is 1. The molecule has 1 aromatic rings. The SMILES string of the molecule is COCC(=O)NC(C(=O)N1CCN(C)CC1)C(C)c1ccc(NC(=O)CC(C2CC2)C2CC2)c(F)c1. The zero-order chi connectivity index (χ0) is 25.8. The van der Waals surface area contributed by atoms with E-state index >= 15 is 4.39 Å². The quantitative estimate of drug-likeness (QED) is 0.486. The molecule has 2 atom stereocenters. The van der Waals surface area contributed by atoms with Gasteiger partial charge in [0.05, 0.1) is 5.69 Å². The van der Waals surface area contributed by atoms with E-state index in [-0.39, 0.29) is 24.1 Å². The summed E-state index contributed by atoms with van der Waals surface area (Å²) in [6, 6.07) is 3.77. The minimum absolute atomic E-state index is 0.145. The summed E-state index contributed by atoms with van der Waals surface area (Å²) >= 11 is 0. The van der Waals surface area contributed by atoms with E-state index in [0.29, 0.717) is 42.8 Å². The lowest BCUT2D eigenvalue weighted by Gasteiger charge is -2.36. The number of benzene rings is 1. The Morgan fingerprint density at radius 3 is 2.25 bits per heavy atom. The lowest BCUT2D eigenvalue weighted by Crippen LogP contribution is -2.56. The smallest absolute Gasteiger partial charge is 0.246 e. The van der Waals surface area contributed by atoms with Crippen LogP contribution in [0.5, 0.6) is 0 Å². The van der Waals surface area contributed by atoms with Crippen molar-refractivity contribution in [2.24, 2.45) is 17.8 Å². The van der Waals surface area contributed by atoms with Crippen molar-refractivity contribution in [2.75, 3.05) is 52.3 Å². The summed E-state index contributed by atoms with van der Waals surface area (Å²) in [6.07, 6.45) is 5.24. The zero-order valence-electron chi connectivity index (χ0n) is 21.6. The largest absolute Gasteiger partial charge is 0.375 e. The van der Waals surface area contributed by atoms with Crippen molar-refractivity contribution in [1.82, 2.24) is 15.1 Å². The Hall–Kier alpha value is -2.52. The molecule has 0 bridgehead atoms. The number of nitrogens with one attached hydrogen (secondary N) is 2. The maximum Gasteiger partial charge on any atom is 0.246 e. The van der Waals surface area contributed by atoms with Gasteiger partial charge in [-0.05, 0) is 68.2 Å². The number of nitrogens with zero attached hydrogens (tertiary/aromatic N) is 2. The lowest BCUT2D eigenvalue weighted by atomic mass is 9.91. The Labute approximate surface area is 212 Å². The highest BCUT2D eigenvalue weighted by Gasteiger charge is 2.42. The van der Waals surface area contributed by atoms with Crippen LogP contribution in [0.2, 0.25) is 0 Å². The lowest BCUT2D eigenvalue weighted by molar-refractivity contribution is -0.139. The summed E-state index contributed by atoms with van der Waals surface area (Å²) in [5.74, 6) is -0.0368. The van der Waals surface area contributed by atoms with Gasteiger partial charge >= 0.3 is 0 Å². The monoisotopic (exact) mass is 502 g/mol. The molecule has 8 nitrogen and oxygen atoms in total. The average molecular weight is 503 g/mol. The molecular formula is C27H39FN4O4.